The standard InChI is InChI=1S/C13H16N2O2/c1-8-6-9(2)13-10(7-8)15(3)11(14-13)4-5-12(16)17/h6-7H,4-5H2,1-3H3,(H,16,17). The third kappa shape index (κ3) is 2.16. The van der Waals surface area contributed by atoms with E-state index in [0.717, 1.165) is 22.4 Å². The lowest BCUT2D eigenvalue weighted by Gasteiger charge is -2.01. The summed E-state index contributed by atoms with van der Waals surface area (Å²) >= 11 is 0. The number of rotatable bonds is 3. The molecule has 1 heterocycles. The molecule has 0 atom stereocenters. The van der Waals surface area contributed by atoms with Crippen molar-refractivity contribution >= 4 is 17.0 Å². The maximum atomic E-state index is 10.6. The van der Waals surface area contributed by atoms with Crippen LogP contribution >= 0.6 is 0 Å². The summed E-state index contributed by atoms with van der Waals surface area (Å²) in [5, 5.41) is 8.70. The third-order valence-electron chi connectivity index (χ3n) is 2.98. The van der Waals surface area contributed by atoms with Gasteiger partial charge in [-0.15, -0.1) is 0 Å². The third-order valence-corrected chi connectivity index (χ3v) is 2.98. The van der Waals surface area contributed by atoms with Gasteiger partial charge in [0, 0.05) is 13.5 Å². The molecule has 1 N–H and O–H groups in total. The molecule has 0 aliphatic rings. The Balaban J connectivity index is 2.49. The molecule has 2 rings (SSSR count). The number of aryl methyl sites for hydroxylation is 4. The average molecular weight is 232 g/mol. The molecule has 0 amide bonds. The number of benzene rings is 1. The van der Waals surface area contributed by atoms with Crippen LogP contribution in [0.15, 0.2) is 12.1 Å². The molecule has 0 radical (unpaired) electrons. The second-order valence-corrected chi connectivity index (χ2v) is 4.43. The smallest absolute Gasteiger partial charge is 0.303 e. The first-order chi connectivity index (χ1) is 7.99. The van der Waals surface area contributed by atoms with Crippen LogP contribution in [0, 0.1) is 13.8 Å². The van der Waals surface area contributed by atoms with Crippen molar-refractivity contribution in [2.24, 2.45) is 7.05 Å². The summed E-state index contributed by atoms with van der Waals surface area (Å²) in [5.41, 5.74) is 4.38. The van der Waals surface area contributed by atoms with Gasteiger partial charge < -0.3 is 9.67 Å². The molecular weight excluding hydrogens is 216 g/mol. The van der Waals surface area contributed by atoms with Gasteiger partial charge in [-0.25, -0.2) is 4.98 Å². The van der Waals surface area contributed by atoms with E-state index in [1.807, 2.05) is 18.5 Å². The Hall–Kier alpha value is -1.84. The molecule has 0 aliphatic heterocycles. The van der Waals surface area contributed by atoms with E-state index >= 15 is 0 Å². The first-order valence-corrected chi connectivity index (χ1v) is 5.63. The van der Waals surface area contributed by atoms with Gasteiger partial charge >= 0.3 is 5.97 Å². The number of aromatic nitrogens is 2. The second-order valence-electron chi connectivity index (χ2n) is 4.43. The van der Waals surface area contributed by atoms with Crippen molar-refractivity contribution < 1.29 is 9.90 Å². The van der Waals surface area contributed by atoms with Gasteiger partial charge in [-0.05, 0) is 31.0 Å². The SMILES string of the molecule is Cc1cc(C)c2nc(CCC(=O)O)n(C)c2c1. The van der Waals surface area contributed by atoms with Crippen molar-refractivity contribution in [3.8, 4) is 0 Å². The molecule has 4 nitrogen and oxygen atoms in total. The highest BCUT2D eigenvalue weighted by atomic mass is 16.4. The van der Waals surface area contributed by atoms with Crippen molar-refractivity contribution in [3.05, 3.63) is 29.1 Å². The van der Waals surface area contributed by atoms with Gasteiger partial charge in [-0.1, -0.05) is 6.07 Å². The van der Waals surface area contributed by atoms with E-state index in [9.17, 15) is 4.79 Å². The molecule has 0 unspecified atom stereocenters. The first kappa shape index (κ1) is 11.6. The number of hydrogen-bond acceptors (Lipinski definition) is 2. The number of fused-ring (bicyclic) bond motifs is 1. The van der Waals surface area contributed by atoms with Crippen LogP contribution in [0.25, 0.3) is 11.0 Å². The number of carboxylic acid groups (broad SMARTS) is 1. The summed E-state index contributed by atoms with van der Waals surface area (Å²) in [4.78, 5) is 15.1. The fourth-order valence-electron chi connectivity index (χ4n) is 2.12. The summed E-state index contributed by atoms with van der Waals surface area (Å²) in [6, 6.07) is 4.18. The van der Waals surface area contributed by atoms with Crippen LogP contribution in [0.2, 0.25) is 0 Å². The Morgan fingerprint density at radius 3 is 2.76 bits per heavy atom. The molecule has 2 aromatic rings. The maximum Gasteiger partial charge on any atom is 0.303 e. The number of carboxylic acids is 1. The number of carbonyl (C=O) groups is 1. The lowest BCUT2D eigenvalue weighted by Crippen LogP contribution is -2.03. The normalized spacial score (nSPS) is 11.0. The van der Waals surface area contributed by atoms with Crippen LogP contribution in [-0.4, -0.2) is 20.6 Å². The van der Waals surface area contributed by atoms with E-state index in [4.69, 9.17) is 5.11 Å². The highest BCUT2D eigenvalue weighted by Gasteiger charge is 2.11. The quantitative estimate of drug-likeness (QED) is 0.882. The van der Waals surface area contributed by atoms with Gasteiger partial charge in [0.15, 0.2) is 0 Å². The zero-order chi connectivity index (χ0) is 12.6. The second kappa shape index (κ2) is 4.20. The maximum absolute atomic E-state index is 10.6. The minimum atomic E-state index is -0.787. The van der Waals surface area contributed by atoms with E-state index < -0.39 is 5.97 Å². The summed E-state index contributed by atoms with van der Waals surface area (Å²) in [7, 11) is 1.94. The van der Waals surface area contributed by atoms with Crippen LogP contribution in [0.4, 0.5) is 0 Å². The van der Waals surface area contributed by atoms with E-state index in [1.165, 1.54) is 5.56 Å². The molecule has 1 aromatic carbocycles. The predicted octanol–water partition coefficient (Wildman–Crippen LogP) is 2.21. The Bertz CT molecular complexity index is 585. The topological polar surface area (TPSA) is 55.1 Å². The van der Waals surface area contributed by atoms with Gasteiger partial charge in [0.05, 0.1) is 17.5 Å². The van der Waals surface area contributed by atoms with Gasteiger partial charge in [0.2, 0.25) is 0 Å². The summed E-state index contributed by atoms with van der Waals surface area (Å²) in [6.45, 7) is 4.08. The van der Waals surface area contributed by atoms with E-state index in [-0.39, 0.29) is 6.42 Å². The van der Waals surface area contributed by atoms with Gasteiger partial charge in [0.1, 0.15) is 5.82 Å². The summed E-state index contributed by atoms with van der Waals surface area (Å²) < 4.78 is 1.98. The van der Waals surface area contributed by atoms with Gasteiger partial charge in [-0.3, -0.25) is 4.79 Å². The minimum absolute atomic E-state index is 0.120. The summed E-state index contributed by atoms with van der Waals surface area (Å²) in [6.07, 6.45) is 0.591. The van der Waals surface area contributed by atoms with Crippen LogP contribution in [0.1, 0.15) is 23.4 Å². The lowest BCUT2D eigenvalue weighted by molar-refractivity contribution is -0.137. The molecule has 17 heavy (non-hydrogen) atoms. The highest BCUT2D eigenvalue weighted by Crippen LogP contribution is 2.21. The number of hydrogen-bond donors (Lipinski definition) is 1. The van der Waals surface area contributed by atoms with Crippen molar-refractivity contribution in [1.82, 2.24) is 9.55 Å². The number of nitrogens with zero attached hydrogens (tertiary/aromatic N) is 2. The van der Waals surface area contributed by atoms with Crippen molar-refractivity contribution in [1.29, 1.82) is 0 Å². The fraction of sp³-hybridized carbons (Fsp3) is 0.385. The Labute approximate surface area is 99.9 Å². The molecule has 0 spiro atoms. The Morgan fingerprint density at radius 2 is 2.12 bits per heavy atom. The molecule has 0 saturated heterocycles. The monoisotopic (exact) mass is 232 g/mol. The highest BCUT2D eigenvalue weighted by molar-refractivity contribution is 5.80. The molecule has 1 aromatic heterocycles. The largest absolute Gasteiger partial charge is 0.481 e. The van der Waals surface area contributed by atoms with Crippen LogP contribution < -0.4 is 0 Å². The molecule has 0 bridgehead atoms. The zero-order valence-electron chi connectivity index (χ0n) is 10.3. The molecule has 0 fully saturated rings. The van der Waals surface area contributed by atoms with Crippen LogP contribution in [0.3, 0.4) is 0 Å². The first-order valence-electron chi connectivity index (χ1n) is 5.63. The van der Waals surface area contributed by atoms with Gasteiger partial charge in [0.25, 0.3) is 0 Å². The molecular formula is C13H16N2O2. The predicted molar refractivity (Wildman–Crippen MR) is 66.1 cm³/mol. The number of imidazole rings is 1. The van der Waals surface area contributed by atoms with Crippen molar-refractivity contribution in [2.45, 2.75) is 26.7 Å². The Kier molecular flexibility index (Phi) is 2.88. The minimum Gasteiger partial charge on any atom is -0.481 e. The van der Waals surface area contributed by atoms with Crippen LogP contribution in [0.5, 0.6) is 0 Å². The molecule has 90 valence electrons. The molecule has 4 heteroatoms. The zero-order valence-corrected chi connectivity index (χ0v) is 10.3. The number of aliphatic carboxylic acids is 1. The van der Waals surface area contributed by atoms with E-state index in [2.05, 4.69) is 24.0 Å². The van der Waals surface area contributed by atoms with E-state index in [1.54, 1.807) is 0 Å². The lowest BCUT2D eigenvalue weighted by atomic mass is 10.1. The fourth-order valence-corrected chi connectivity index (χ4v) is 2.12. The summed E-state index contributed by atoms with van der Waals surface area (Å²) in [5.74, 6) is 0.0426. The molecule has 0 aliphatic carbocycles. The average Bonchev–Trinajstić information content (AvgIpc) is 2.54. The van der Waals surface area contributed by atoms with Crippen LogP contribution in [-0.2, 0) is 18.3 Å². The Morgan fingerprint density at radius 1 is 1.41 bits per heavy atom. The van der Waals surface area contributed by atoms with Gasteiger partial charge in [-0.2, -0.15) is 0 Å². The van der Waals surface area contributed by atoms with Crippen molar-refractivity contribution in [3.63, 3.8) is 0 Å². The van der Waals surface area contributed by atoms with E-state index in [0.29, 0.717) is 6.42 Å². The molecule has 0 saturated carbocycles. The van der Waals surface area contributed by atoms with Crippen molar-refractivity contribution in [2.75, 3.05) is 0 Å².